The number of imidazole rings is 1. The van der Waals surface area contributed by atoms with Crippen molar-refractivity contribution in [3.05, 3.63) is 58.1 Å². The van der Waals surface area contributed by atoms with Crippen molar-refractivity contribution in [2.75, 3.05) is 19.7 Å². The number of nitrogens with zero attached hydrogens (tertiary/aromatic N) is 3. The second kappa shape index (κ2) is 10.6. The molecule has 4 rings (SSSR count). The van der Waals surface area contributed by atoms with E-state index in [-0.39, 0.29) is 6.09 Å². The Labute approximate surface area is 209 Å². The molecule has 0 aliphatic carbocycles. The van der Waals surface area contributed by atoms with Crippen LogP contribution < -0.4 is 0 Å². The summed E-state index contributed by atoms with van der Waals surface area (Å²) in [6.07, 6.45) is 1.61. The molecule has 0 radical (unpaired) electrons. The maximum atomic E-state index is 12.1. The monoisotopic (exact) mass is 613 g/mol. The molecular formula is C23H25BrIN3O2S. The lowest BCUT2D eigenvalue weighted by Gasteiger charge is -2.32. The van der Waals surface area contributed by atoms with E-state index in [1.807, 2.05) is 11.8 Å². The first kappa shape index (κ1) is 22.9. The number of rotatable bonds is 6. The fraction of sp³-hybridized carbons (Fsp3) is 0.391. The third kappa shape index (κ3) is 5.39. The molecule has 2 aromatic carbocycles. The van der Waals surface area contributed by atoms with Crippen LogP contribution in [0.15, 0.2) is 52.1 Å². The minimum absolute atomic E-state index is 0.200. The second-order valence-electron chi connectivity index (χ2n) is 7.55. The van der Waals surface area contributed by atoms with Gasteiger partial charge in [0.15, 0.2) is 5.16 Å². The number of carbonyl (C=O) groups is 1. The summed E-state index contributed by atoms with van der Waals surface area (Å²) in [5, 5.41) is 1.05. The number of halogens is 2. The van der Waals surface area contributed by atoms with Gasteiger partial charge in [-0.25, -0.2) is 9.78 Å². The molecule has 0 N–H and O–H groups in total. The van der Waals surface area contributed by atoms with E-state index in [9.17, 15) is 4.79 Å². The highest BCUT2D eigenvalue weighted by Gasteiger charge is 2.27. The fourth-order valence-corrected chi connectivity index (χ4v) is 5.68. The Bertz CT molecular complexity index is 1050. The molecule has 0 bridgehead atoms. The Morgan fingerprint density at radius 2 is 1.90 bits per heavy atom. The molecule has 3 aromatic rings. The molecule has 1 amide bonds. The van der Waals surface area contributed by atoms with Crippen LogP contribution in [0.5, 0.6) is 0 Å². The van der Waals surface area contributed by atoms with E-state index in [1.165, 1.54) is 16.6 Å². The highest BCUT2D eigenvalue weighted by atomic mass is 127. The Hall–Kier alpha value is -1.26. The smallest absolute Gasteiger partial charge is 0.409 e. The summed E-state index contributed by atoms with van der Waals surface area (Å²) in [6, 6.07) is 15.4. The molecule has 8 heteroatoms. The van der Waals surface area contributed by atoms with E-state index in [0.717, 1.165) is 38.2 Å². The van der Waals surface area contributed by atoms with E-state index >= 15 is 0 Å². The van der Waals surface area contributed by atoms with Crippen molar-refractivity contribution in [1.82, 2.24) is 14.5 Å². The van der Waals surface area contributed by atoms with Gasteiger partial charge in [0.25, 0.3) is 0 Å². The Kier molecular flexibility index (Phi) is 7.81. The maximum absolute atomic E-state index is 12.1. The van der Waals surface area contributed by atoms with Crippen LogP contribution in [0.25, 0.3) is 11.0 Å². The Morgan fingerprint density at radius 3 is 2.58 bits per heavy atom. The predicted octanol–water partition coefficient (Wildman–Crippen LogP) is 6.82. The lowest BCUT2D eigenvalue weighted by molar-refractivity contribution is 0.0923. The van der Waals surface area contributed by atoms with E-state index in [1.54, 1.807) is 11.8 Å². The van der Waals surface area contributed by atoms with Gasteiger partial charge in [-0.15, -0.1) is 0 Å². The van der Waals surface area contributed by atoms with Gasteiger partial charge >= 0.3 is 6.09 Å². The van der Waals surface area contributed by atoms with Crippen molar-refractivity contribution in [3.63, 3.8) is 0 Å². The molecule has 0 spiro atoms. The number of hydrogen-bond donors (Lipinski definition) is 0. The van der Waals surface area contributed by atoms with Gasteiger partial charge in [0, 0.05) is 33.8 Å². The van der Waals surface area contributed by atoms with Gasteiger partial charge < -0.3 is 14.2 Å². The van der Waals surface area contributed by atoms with Crippen molar-refractivity contribution in [2.24, 2.45) is 0 Å². The fourth-order valence-electron chi connectivity index (χ4n) is 3.90. The van der Waals surface area contributed by atoms with Crippen molar-refractivity contribution < 1.29 is 9.53 Å². The van der Waals surface area contributed by atoms with Crippen LogP contribution in [0.4, 0.5) is 4.79 Å². The zero-order chi connectivity index (χ0) is 21.8. The van der Waals surface area contributed by atoms with Gasteiger partial charge in [-0.3, -0.25) is 0 Å². The maximum Gasteiger partial charge on any atom is 0.409 e. The van der Waals surface area contributed by atoms with E-state index in [4.69, 9.17) is 9.72 Å². The van der Waals surface area contributed by atoms with Crippen LogP contribution in [-0.2, 0) is 14.9 Å². The molecule has 1 aliphatic heterocycles. The first-order valence-electron chi connectivity index (χ1n) is 10.4. The molecule has 1 fully saturated rings. The van der Waals surface area contributed by atoms with Gasteiger partial charge in [0.2, 0.25) is 0 Å². The number of benzene rings is 2. The normalized spacial score (nSPS) is 14.9. The van der Waals surface area contributed by atoms with E-state index in [0.29, 0.717) is 25.7 Å². The Morgan fingerprint density at radius 1 is 1.19 bits per heavy atom. The summed E-state index contributed by atoms with van der Waals surface area (Å²) < 4.78 is 9.67. The standard InChI is InChI=1S/C23H25BrIN3O2S/c1-2-30-23(29)27-11-9-19(10-12-27)28-21-13-17(14-25)5-8-20(21)26-22(28)31-15-16-3-6-18(24)7-4-16/h3-8,13,19H,2,9-12,14-15H2,1H3. The molecule has 0 atom stereocenters. The molecule has 1 aliphatic rings. The van der Waals surface area contributed by atoms with Crippen LogP contribution in [0.2, 0.25) is 0 Å². The topological polar surface area (TPSA) is 47.4 Å². The number of carbonyl (C=O) groups excluding carboxylic acids is 1. The summed E-state index contributed by atoms with van der Waals surface area (Å²) >= 11 is 7.70. The lowest BCUT2D eigenvalue weighted by Crippen LogP contribution is -2.39. The molecule has 5 nitrogen and oxygen atoms in total. The summed E-state index contributed by atoms with van der Waals surface area (Å²) in [5.41, 5.74) is 4.82. The largest absolute Gasteiger partial charge is 0.450 e. The van der Waals surface area contributed by atoms with E-state index in [2.05, 4.69) is 85.6 Å². The zero-order valence-electron chi connectivity index (χ0n) is 17.4. The number of hydrogen-bond acceptors (Lipinski definition) is 4. The van der Waals surface area contributed by atoms with Crippen molar-refractivity contribution in [2.45, 2.75) is 41.1 Å². The average Bonchev–Trinajstić information content (AvgIpc) is 3.16. The summed E-state index contributed by atoms with van der Waals surface area (Å²) in [7, 11) is 0. The average molecular weight is 614 g/mol. The number of ether oxygens (including phenoxy) is 1. The summed E-state index contributed by atoms with van der Waals surface area (Å²) in [6.45, 7) is 3.70. The minimum atomic E-state index is -0.200. The van der Waals surface area contributed by atoms with Crippen molar-refractivity contribution >= 4 is 67.4 Å². The zero-order valence-corrected chi connectivity index (χ0v) is 22.0. The van der Waals surface area contributed by atoms with Crippen LogP contribution >= 0.6 is 50.3 Å². The molecule has 164 valence electrons. The second-order valence-corrected chi connectivity index (χ2v) is 10.2. The van der Waals surface area contributed by atoms with E-state index < -0.39 is 0 Å². The molecule has 0 saturated carbocycles. The quantitative estimate of drug-likeness (QED) is 0.174. The number of likely N-dealkylation sites (tertiary alicyclic amines) is 1. The first-order valence-corrected chi connectivity index (χ1v) is 13.7. The summed E-state index contributed by atoms with van der Waals surface area (Å²) in [5.74, 6) is 0.872. The predicted molar refractivity (Wildman–Crippen MR) is 138 cm³/mol. The SMILES string of the molecule is CCOC(=O)N1CCC(n2c(SCc3ccc(Br)cc3)nc3ccc(CI)cc32)CC1. The number of aromatic nitrogens is 2. The first-order chi connectivity index (χ1) is 15.1. The summed E-state index contributed by atoms with van der Waals surface area (Å²) in [4.78, 5) is 18.9. The molecular weight excluding hydrogens is 589 g/mol. The number of fused-ring (bicyclic) bond motifs is 1. The van der Waals surface area contributed by atoms with Gasteiger partial charge in [-0.05, 0) is 55.2 Å². The number of thioether (sulfide) groups is 1. The molecule has 31 heavy (non-hydrogen) atoms. The minimum Gasteiger partial charge on any atom is -0.450 e. The van der Waals surface area contributed by atoms with Gasteiger partial charge in [-0.1, -0.05) is 68.5 Å². The highest BCUT2D eigenvalue weighted by molar-refractivity contribution is 14.1. The molecule has 0 unspecified atom stereocenters. The van der Waals surface area contributed by atoms with Gasteiger partial charge in [0.1, 0.15) is 0 Å². The number of amides is 1. The third-order valence-corrected chi connectivity index (χ3v) is 7.95. The number of piperidine rings is 1. The highest BCUT2D eigenvalue weighted by Crippen LogP contribution is 2.35. The number of alkyl halides is 1. The Balaban J connectivity index is 1.59. The van der Waals surface area contributed by atoms with Crippen molar-refractivity contribution in [3.8, 4) is 0 Å². The third-order valence-electron chi connectivity index (χ3n) is 5.51. The van der Waals surface area contributed by atoms with Crippen LogP contribution in [0.1, 0.15) is 36.9 Å². The van der Waals surface area contributed by atoms with Gasteiger partial charge in [-0.2, -0.15) is 0 Å². The molecule has 2 heterocycles. The van der Waals surface area contributed by atoms with Gasteiger partial charge in [0.05, 0.1) is 17.6 Å². The molecule has 1 aromatic heterocycles. The lowest BCUT2D eigenvalue weighted by atomic mass is 10.0. The van der Waals surface area contributed by atoms with Crippen LogP contribution in [0.3, 0.4) is 0 Å². The van der Waals surface area contributed by atoms with Crippen LogP contribution in [-0.4, -0.2) is 40.2 Å². The molecule has 1 saturated heterocycles. The van der Waals surface area contributed by atoms with Crippen molar-refractivity contribution in [1.29, 1.82) is 0 Å². The van der Waals surface area contributed by atoms with Crippen LogP contribution in [0, 0.1) is 0 Å².